The van der Waals surface area contributed by atoms with Gasteiger partial charge < -0.3 is 0 Å². The average Bonchev–Trinajstić information content (AvgIpc) is 2.48. The number of nitro groups is 1. The molecule has 1 aliphatic carbocycles. The molecule has 1 aromatic carbocycles. The van der Waals surface area contributed by atoms with Crippen LogP contribution >= 0.6 is 0 Å². The van der Waals surface area contributed by atoms with Crippen LogP contribution in [0.2, 0.25) is 0 Å². The van der Waals surface area contributed by atoms with E-state index in [0.29, 0.717) is 5.56 Å². The van der Waals surface area contributed by atoms with E-state index in [2.05, 4.69) is 0 Å². The number of benzene rings is 1. The predicted molar refractivity (Wildman–Crippen MR) is 76.0 cm³/mol. The molecule has 0 spiro atoms. The molecule has 0 bridgehead atoms. The molecule has 1 aliphatic rings. The van der Waals surface area contributed by atoms with Gasteiger partial charge in [-0.1, -0.05) is 42.5 Å². The highest BCUT2D eigenvalue weighted by molar-refractivity contribution is 6.07. The van der Waals surface area contributed by atoms with Crippen molar-refractivity contribution >= 4 is 5.78 Å². The van der Waals surface area contributed by atoms with E-state index in [0.717, 1.165) is 5.06 Å². The van der Waals surface area contributed by atoms with Gasteiger partial charge in [0.05, 0.1) is 0 Å². The summed E-state index contributed by atoms with van der Waals surface area (Å²) in [6, 6.07) is 7.77. The zero-order valence-corrected chi connectivity index (χ0v) is 11.1. The fourth-order valence-electron chi connectivity index (χ4n) is 1.98. The molecule has 6 nitrogen and oxygen atoms in total. The predicted octanol–water partition coefficient (Wildman–Crippen LogP) is 2.27. The van der Waals surface area contributed by atoms with Crippen LogP contribution in [0.15, 0.2) is 66.4 Å². The summed E-state index contributed by atoms with van der Waals surface area (Å²) in [5.74, 6) is -0.260. The van der Waals surface area contributed by atoms with Crippen molar-refractivity contribution in [3.8, 4) is 0 Å². The molecular formula is C15H14N2O4. The number of carbonyl (C=O) groups is 1. The highest BCUT2D eigenvalue weighted by Gasteiger charge is 2.23. The maximum absolute atomic E-state index is 11.6. The molecule has 0 heterocycles. The van der Waals surface area contributed by atoms with E-state index < -0.39 is 17.5 Å². The van der Waals surface area contributed by atoms with Crippen molar-refractivity contribution in [1.29, 1.82) is 0 Å². The van der Waals surface area contributed by atoms with Crippen LogP contribution in [0.1, 0.15) is 11.6 Å². The average molecular weight is 286 g/mol. The summed E-state index contributed by atoms with van der Waals surface area (Å²) >= 11 is 0. The first-order valence-corrected chi connectivity index (χ1v) is 6.33. The maximum atomic E-state index is 11.6. The van der Waals surface area contributed by atoms with Crippen LogP contribution < -0.4 is 0 Å². The van der Waals surface area contributed by atoms with Crippen molar-refractivity contribution in [2.45, 2.75) is 6.04 Å². The van der Waals surface area contributed by atoms with Gasteiger partial charge in [-0.25, -0.2) is 5.06 Å². The van der Waals surface area contributed by atoms with Gasteiger partial charge in [-0.15, -0.1) is 0 Å². The van der Waals surface area contributed by atoms with Gasteiger partial charge >= 0.3 is 0 Å². The lowest BCUT2D eigenvalue weighted by Gasteiger charge is -2.22. The topological polar surface area (TPSA) is 83.7 Å². The SMILES string of the molecule is O=C1C=CC=C/C1=C\N(O)C(C[N+](=O)[O-])c1ccccc1. The molecule has 0 amide bonds. The zero-order valence-electron chi connectivity index (χ0n) is 11.1. The van der Waals surface area contributed by atoms with Gasteiger partial charge in [-0.2, -0.15) is 0 Å². The van der Waals surface area contributed by atoms with E-state index in [9.17, 15) is 20.1 Å². The Kier molecular flexibility index (Phi) is 4.63. The highest BCUT2D eigenvalue weighted by Crippen LogP contribution is 2.21. The summed E-state index contributed by atoms with van der Waals surface area (Å²) in [4.78, 5) is 21.9. The normalized spacial score (nSPS) is 17.0. The van der Waals surface area contributed by atoms with Crippen molar-refractivity contribution in [2.24, 2.45) is 0 Å². The molecule has 1 unspecified atom stereocenters. The molecule has 1 aromatic rings. The molecule has 0 saturated carbocycles. The fourth-order valence-corrected chi connectivity index (χ4v) is 1.98. The van der Waals surface area contributed by atoms with Crippen molar-refractivity contribution in [1.82, 2.24) is 5.06 Å². The summed E-state index contributed by atoms with van der Waals surface area (Å²) in [5, 5.41) is 21.6. The first-order chi connectivity index (χ1) is 10.1. The second-order valence-corrected chi connectivity index (χ2v) is 4.49. The number of carbonyl (C=O) groups excluding carboxylic acids is 1. The summed E-state index contributed by atoms with van der Waals surface area (Å²) in [5.41, 5.74) is 0.862. The lowest BCUT2D eigenvalue weighted by Crippen LogP contribution is -2.27. The summed E-state index contributed by atoms with van der Waals surface area (Å²) < 4.78 is 0. The number of hydrogen-bond acceptors (Lipinski definition) is 5. The molecular weight excluding hydrogens is 272 g/mol. The van der Waals surface area contributed by atoms with Crippen LogP contribution in [0.5, 0.6) is 0 Å². The molecule has 0 radical (unpaired) electrons. The minimum atomic E-state index is -0.860. The second-order valence-electron chi connectivity index (χ2n) is 4.49. The number of hydroxylamine groups is 2. The Hall–Kier alpha value is -2.73. The minimum absolute atomic E-state index is 0.260. The number of rotatable bonds is 5. The fraction of sp³-hybridized carbons (Fsp3) is 0.133. The van der Waals surface area contributed by atoms with E-state index in [1.807, 2.05) is 0 Å². The van der Waals surface area contributed by atoms with Gasteiger partial charge in [0, 0.05) is 16.7 Å². The molecule has 0 aliphatic heterocycles. The van der Waals surface area contributed by atoms with Gasteiger partial charge in [0.25, 0.3) is 0 Å². The first kappa shape index (κ1) is 14.7. The van der Waals surface area contributed by atoms with Crippen molar-refractivity contribution in [2.75, 3.05) is 6.54 Å². The van der Waals surface area contributed by atoms with Crippen LogP contribution in [-0.2, 0) is 4.79 Å². The Morgan fingerprint density at radius 1 is 1.24 bits per heavy atom. The number of nitrogens with zero attached hydrogens (tertiary/aromatic N) is 2. The highest BCUT2D eigenvalue weighted by atomic mass is 16.6. The Labute approximate surface area is 121 Å². The van der Waals surface area contributed by atoms with E-state index in [4.69, 9.17) is 0 Å². The Balaban J connectivity index is 2.26. The van der Waals surface area contributed by atoms with E-state index >= 15 is 0 Å². The van der Waals surface area contributed by atoms with Gasteiger partial charge in [-0.3, -0.25) is 20.1 Å². The van der Waals surface area contributed by atoms with Crippen molar-refractivity contribution < 1.29 is 14.9 Å². The molecule has 2 rings (SSSR count). The summed E-state index contributed by atoms with van der Waals surface area (Å²) in [6.45, 7) is -0.474. The minimum Gasteiger partial charge on any atom is -0.289 e. The first-order valence-electron chi connectivity index (χ1n) is 6.33. The third-order valence-corrected chi connectivity index (χ3v) is 3.02. The second kappa shape index (κ2) is 6.62. The molecule has 21 heavy (non-hydrogen) atoms. The van der Waals surface area contributed by atoms with E-state index in [-0.39, 0.29) is 11.4 Å². The largest absolute Gasteiger partial charge is 0.289 e. The molecule has 1 N–H and O–H groups in total. The quantitative estimate of drug-likeness (QED) is 0.510. The van der Waals surface area contributed by atoms with Crippen LogP contribution in [0, 0.1) is 10.1 Å². The van der Waals surface area contributed by atoms with Crippen molar-refractivity contribution in [3.63, 3.8) is 0 Å². The zero-order chi connectivity index (χ0) is 15.2. The lowest BCUT2D eigenvalue weighted by molar-refractivity contribution is -0.491. The number of allylic oxidation sites excluding steroid dienone is 5. The van der Waals surface area contributed by atoms with Crippen LogP contribution in [0.4, 0.5) is 0 Å². The van der Waals surface area contributed by atoms with Gasteiger partial charge in [-0.05, 0) is 17.7 Å². The van der Waals surface area contributed by atoms with Crippen LogP contribution in [0.3, 0.4) is 0 Å². The van der Waals surface area contributed by atoms with Crippen LogP contribution in [-0.4, -0.2) is 27.5 Å². The number of hydrogen-bond donors (Lipinski definition) is 1. The maximum Gasteiger partial charge on any atom is 0.230 e. The Morgan fingerprint density at radius 3 is 2.52 bits per heavy atom. The summed E-state index contributed by atoms with van der Waals surface area (Å²) in [6.07, 6.45) is 7.37. The Morgan fingerprint density at radius 2 is 1.90 bits per heavy atom. The smallest absolute Gasteiger partial charge is 0.230 e. The lowest BCUT2D eigenvalue weighted by atomic mass is 10.1. The van der Waals surface area contributed by atoms with Crippen LogP contribution in [0.25, 0.3) is 0 Å². The number of ketones is 1. The molecule has 0 saturated heterocycles. The third-order valence-electron chi connectivity index (χ3n) is 3.02. The van der Waals surface area contributed by atoms with E-state index in [1.165, 1.54) is 12.3 Å². The van der Waals surface area contributed by atoms with Gasteiger partial charge in [0.1, 0.15) is 6.04 Å². The van der Waals surface area contributed by atoms with Crippen molar-refractivity contribution in [3.05, 3.63) is 82.1 Å². The standard InChI is InChI=1S/C15H14N2O4/c18-15-9-5-4-8-13(15)10-16(19)14(11-17(20)21)12-6-2-1-3-7-12/h1-10,14,19H,11H2/b13-10+. The molecule has 6 heteroatoms. The van der Waals surface area contributed by atoms with Gasteiger partial charge in [0.2, 0.25) is 6.54 Å². The monoisotopic (exact) mass is 286 g/mol. The molecule has 0 aromatic heterocycles. The molecule has 108 valence electrons. The summed E-state index contributed by atoms with van der Waals surface area (Å²) in [7, 11) is 0. The third kappa shape index (κ3) is 3.87. The van der Waals surface area contributed by atoms with Gasteiger partial charge in [0.15, 0.2) is 5.78 Å². The Bertz CT molecular complexity index is 620. The molecule has 0 fully saturated rings. The molecule has 1 atom stereocenters. The van der Waals surface area contributed by atoms with E-state index in [1.54, 1.807) is 48.6 Å².